The molecule has 7 heteroatoms. The van der Waals surface area contributed by atoms with Crippen molar-refractivity contribution in [1.29, 1.82) is 0 Å². The summed E-state index contributed by atoms with van der Waals surface area (Å²) >= 11 is 0. The second-order valence-corrected chi connectivity index (χ2v) is 9.50. The van der Waals surface area contributed by atoms with Crippen LogP contribution in [-0.2, 0) is 21.4 Å². The Balaban J connectivity index is 0.00000274. The van der Waals surface area contributed by atoms with E-state index in [-0.39, 0.29) is 35.5 Å². The summed E-state index contributed by atoms with van der Waals surface area (Å²) in [7, 11) is 1.89. The number of rotatable bonds is 5. The minimum atomic E-state index is 0. The Morgan fingerprint density at radius 2 is 1.71 bits per heavy atom. The molecule has 184 valence electrons. The topological polar surface area (TPSA) is 49.3 Å². The van der Waals surface area contributed by atoms with Crippen molar-refractivity contribution in [2.45, 2.75) is 36.9 Å². The number of halogens is 1. The van der Waals surface area contributed by atoms with Crippen molar-refractivity contribution < 1.29 is 9.47 Å². The Morgan fingerprint density at radius 3 is 2.41 bits per heavy atom. The van der Waals surface area contributed by atoms with Crippen LogP contribution in [0.3, 0.4) is 0 Å². The Bertz CT molecular complexity index is 921. The van der Waals surface area contributed by atoms with Crippen molar-refractivity contribution >= 4 is 29.9 Å². The van der Waals surface area contributed by atoms with Gasteiger partial charge in [-0.15, -0.1) is 24.0 Å². The molecule has 0 bridgehead atoms. The number of aliphatic imine (C=N–C) groups is 1. The molecule has 2 unspecified atom stereocenters. The first-order valence-electron chi connectivity index (χ1n) is 12.3. The molecule has 0 spiro atoms. The molecule has 6 nitrogen and oxygen atoms in total. The van der Waals surface area contributed by atoms with Gasteiger partial charge in [-0.25, -0.2) is 0 Å². The number of morpholine rings is 1. The predicted molar refractivity (Wildman–Crippen MR) is 147 cm³/mol. The van der Waals surface area contributed by atoms with Crippen molar-refractivity contribution in [3.8, 4) is 0 Å². The molecule has 34 heavy (non-hydrogen) atoms. The third-order valence-corrected chi connectivity index (χ3v) is 7.58. The Kier molecular flexibility index (Phi) is 8.85. The molecule has 0 amide bonds. The van der Waals surface area contributed by atoms with Crippen LogP contribution in [0, 0.1) is 0 Å². The minimum absolute atomic E-state index is 0. The van der Waals surface area contributed by atoms with Crippen molar-refractivity contribution in [3.05, 3.63) is 71.8 Å². The summed E-state index contributed by atoms with van der Waals surface area (Å²) in [6.45, 7) is 7.07. The third-order valence-electron chi connectivity index (χ3n) is 7.58. The van der Waals surface area contributed by atoms with E-state index in [9.17, 15) is 0 Å². The van der Waals surface area contributed by atoms with Crippen LogP contribution < -0.4 is 5.32 Å². The number of benzene rings is 2. The lowest BCUT2D eigenvalue weighted by atomic mass is 9.74. The molecule has 3 saturated heterocycles. The van der Waals surface area contributed by atoms with E-state index in [2.05, 4.69) is 80.8 Å². The monoisotopic (exact) mass is 576 g/mol. The largest absolute Gasteiger partial charge is 0.381 e. The van der Waals surface area contributed by atoms with E-state index < -0.39 is 0 Å². The fourth-order valence-corrected chi connectivity index (χ4v) is 5.65. The smallest absolute Gasteiger partial charge is 0.193 e. The average molecular weight is 577 g/mol. The highest BCUT2D eigenvalue weighted by atomic mass is 127. The van der Waals surface area contributed by atoms with Crippen molar-refractivity contribution in [3.63, 3.8) is 0 Å². The summed E-state index contributed by atoms with van der Waals surface area (Å²) in [4.78, 5) is 9.64. The van der Waals surface area contributed by atoms with Gasteiger partial charge in [-0.1, -0.05) is 60.7 Å². The van der Waals surface area contributed by atoms with Crippen LogP contribution in [0.1, 0.15) is 24.0 Å². The Hall–Kier alpha value is -1.68. The first-order valence-corrected chi connectivity index (χ1v) is 12.3. The Morgan fingerprint density at radius 1 is 1.00 bits per heavy atom. The van der Waals surface area contributed by atoms with Gasteiger partial charge < -0.3 is 19.7 Å². The normalized spacial score (nSPS) is 24.9. The molecule has 1 N–H and O–H groups in total. The van der Waals surface area contributed by atoms with E-state index in [4.69, 9.17) is 9.47 Å². The molecule has 5 rings (SSSR count). The van der Waals surface area contributed by atoms with Crippen LogP contribution in [0.2, 0.25) is 0 Å². The van der Waals surface area contributed by atoms with Crippen LogP contribution in [0.15, 0.2) is 65.7 Å². The maximum absolute atomic E-state index is 6.20. The summed E-state index contributed by atoms with van der Waals surface area (Å²) in [5, 5.41) is 3.74. The van der Waals surface area contributed by atoms with Gasteiger partial charge in [0.2, 0.25) is 0 Å². The first kappa shape index (κ1) is 25.4. The van der Waals surface area contributed by atoms with Crippen LogP contribution >= 0.6 is 24.0 Å². The highest BCUT2D eigenvalue weighted by Gasteiger charge is 2.42. The van der Waals surface area contributed by atoms with Gasteiger partial charge in [-0.3, -0.25) is 9.89 Å². The molecule has 3 fully saturated rings. The van der Waals surface area contributed by atoms with Gasteiger partial charge >= 0.3 is 0 Å². The van der Waals surface area contributed by atoms with Gasteiger partial charge in [0.25, 0.3) is 0 Å². The van der Waals surface area contributed by atoms with Crippen LogP contribution in [0.5, 0.6) is 0 Å². The number of guanidine groups is 1. The fraction of sp³-hybridized carbons (Fsp3) is 0.519. The molecule has 3 aliphatic heterocycles. The molecule has 0 aromatic heterocycles. The number of nitrogens with one attached hydrogen (secondary N) is 1. The molecule has 2 atom stereocenters. The quantitative estimate of drug-likeness (QED) is 0.336. The molecule has 0 saturated carbocycles. The lowest BCUT2D eigenvalue weighted by Crippen LogP contribution is -2.50. The number of ether oxygens (including phenoxy) is 2. The molecule has 0 radical (unpaired) electrons. The standard InChI is InChI=1S/C27H36N4O2.HI/c1-28-26(29-21-27(12-15-32-16-13-27)23-10-6-3-7-11-23)31-19-24-25(20-31)33-17-14-30(24)18-22-8-4-2-5-9-22;/h2-11,24-25H,12-21H2,1H3,(H,28,29);1H. The van der Waals surface area contributed by atoms with E-state index in [1.165, 1.54) is 11.1 Å². The second-order valence-electron chi connectivity index (χ2n) is 9.50. The highest BCUT2D eigenvalue weighted by Crippen LogP contribution is 2.34. The van der Waals surface area contributed by atoms with Crippen molar-refractivity contribution in [2.75, 3.05) is 53.0 Å². The number of likely N-dealkylation sites (tertiary alicyclic amines) is 1. The zero-order chi connectivity index (χ0) is 22.5. The first-order chi connectivity index (χ1) is 16.3. The Labute approximate surface area is 220 Å². The lowest BCUT2D eigenvalue weighted by Gasteiger charge is -2.39. The molecule has 0 aliphatic carbocycles. The zero-order valence-corrected chi connectivity index (χ0v) is 22.4. The van der Waals surface area contributed by atoms with Gasteiger partial charge in [0.05, 0.1) is 18.8 Å². The third kappa shape index (κ3) is 5.58. The number of fused-ring (bicyclic) bond motifs is 1. The van der Waals surface area contributed by atoms with Gasteiger partial charge in [0.1, 0.15) is 0 Å². The molecular weight excluding hydrogens is 539 g/mol. The summed E-state index contributed by atoms with van der Waals surface area (Å²) in [6, 6.07) is 22.1. The van der Waals surface area contributed by atoms with Crippen LogP contribution in [0.4, 0.5) is 0 Å². The SMILES string of the molecule is CN=C(NCC1(c2ccccc2)CCOCC1)N1CC2OCCN(Cc3ccccc3)C2C1.I. The number of nitrogens with zero attached hydrogens (tertiary/aromatic N) is 3. The van der Waals surface area contributed by atoms with Gasteiger partial charge in [0, 0.05) is 58.4 Å². The van der Waals surface area contributed by atoms with E-state index in [0.29, 0.717) is 6.04 Å². The molecule has 2 aromatic rings. The number of hydrogen-bond acceptors (Lipinski definition) is 4. The van der Waals surface area contributed by atoms with Gasteiger partial charge in [-0.2, -0.15) is 0 Å². The summed E-state index contributed by atoms with van der Waals surface area (Å²) in [5.74, 6) is 0.981. The maximum atomic E-state index is 6.20. The molecule has 3 aliphatic rings. The predicted octanol–water partition coefficient (Wildman–Crippen LogP) is 3.51. The van der Waals surface area contributed by atoms with Gasteiger partial charge in [-0.05, 0) is 24.0 Å². The molecule has 3 heterocycles. The van der Waals surface area contributed by atoms with Crippen molar-refractivity contribution in [2.24, 2.45) is 4.99 Å². The highest BCUT2D eigenvalue weighted by molar-refractivity contribution is 14.0. The number of hydrogen-bond donors (Lipinski definition) is 1. The molecule has 2 aromatic carbocycles. The van der Waals surface area contributed by atoms with Gasteiger partial charge in [0.15, 0.2) is 5.96 Å². The minimum Gasteiger partial charge on any atom is -0.381 e. The van der Waals surface area contributed by atoms with E-state index >= 15 is 0 Å². The zero-order valence-electron chi connectivity index (χ0n) is 20.1. The van der Waals surface area contributed by atoms with Crippen LogP contribution in [0.25, 0.3) is 0 Å². The maximum Gasteiger partial charge on any atom is 0.193 e. The van der Waals surface area contributed by atoms with E-state index in [1.54, 1.807) is 0 Å². The summed E-state index contributed by atoms with van der Waals surface area (Å²) in [6.07, 6.45) is 2.28. The van der Waals surface area contributed by atoms with Crippen molar-refractivity contribution in [1.82, 2.24) is 15.1 Å². The summed E-state index contributed by atoms with van der Waals surface area (Å²) in [5.41, 5.74) is 2.84. The average Bonchev–Trinajstić information content (AvgIpc) is 3.31. The van der Waals surface area contributed by atoms with E-state index in [0.717, 1.165) is 71.3 Å². The van der Waals surface area contributed by atoms with Crippen LogP contribution in [-0.4, -0.2) is 81.0 Å². The molecular formula is C27H37IN4O2. The lowest BCUT2D eigenvalue weighted by molar-refractivity contribution is -0.0502. The fourth-order valence-electron chi connectivity index (χ4n) is 5.65. The van der Waals surface area contributed by atoms with E-state index in [1.807, 2.05) is 7.05 Å². The summed E-state index contributed by atoms with van der Waals surface area (Å²) < 4.78 is 11.9. The second kappa shape index (κ2) is 11.8.